The summed E-state index contributed by atoms with van der Waals surface area (Å²) in [5, 5.41) is 0. The van der Waals surface area contributed by atoms with E-state index in [1.165, 1.54) is 11.4 Å². The molecule has 202 valence electrons. The summed E-state index contributed by atoms with van der Waals surface area (Å²) in [5.41, 5.74) is 6.65. The van der Waals surface area contributed by atoms with Gasteiger partial charge in [0.2, 0.25) is 0 Å². The molecule has 1 aliphatic carbocycles. The van der Waals surface area contributed by atoms with Crippen LogP contribution in [-0.4, -0.2) is 58.4 Å². The lowest BCUT2D eigenvalue weighted by molar-refractivity contribution is -0.113. The van der Waals surface area contributed by atoms with Gasteiger partial charge in [-0.2, -0.15) is 0 Å². The van der Waals surface area contributed by atoms with Crippen LogP contribution >= 0.6 is 0 Å². The zero-order valence-corrected chi connectivity index (χ0v) is 23.2. The van der Waals surface area contributed by atoms with Crippen LogP contribution in [0, 0.1) is 11.3 Å². The first-order valence-electron chi connectivity index (χ1n) is 14.2. The van der Waals surface area contributed by atoms with E-state index in [-0.39, 0.29) is 11.2 Å². The number of benzene rings is 2. The minimum absolute atomic E-state index is 0.166. The Bertz CT molecular complexity index is 1070. The second kappa shape index (κ2) is 11.9. The molecule has 3 fully saturated rings. The van der Waals surface area contributed by atoms with Gasteiger partial charge in [-0.05, 0) is 71.7 Å². The Balaban J connectivity index is 1.39. The van der Waals surface area contributed by atoms with Crippen LogP contribution in [0.5, 0.6) is 0 Å². The van der Waals surface area contributed by atoms with Crippen molar-refractivity contribution in [2.45, 2.75) is 40.0 Å². The van der Waals surface area contributed by atoms with Crippen LogP contribution in [0.25, 0.3) is 12.2 Å². The molecular formula is C33H42N2O3. The first-order valence-corrected chi connectivity index (χ1v) is 14.2. The van der Waals surface area contributed by atoms with Crippen molar-refractivity contribution in [2.24, 2.45) is 11.3 Å². The lowest BCUT2D eigenvalue weighted by atomic mass is 9.66. The maximum absolute atomic E-state index is 13.7. The number of hydrogen-bond acceptors (Lipinski definition) is 5. The molecule has 0 atom stereocenters. The van der Waals surface area contributed by atoms with E-state index in [0.717, 1.165) is 94.1 Å². The topological polar surface area (TPSA) is 42.0 Å². The molecule has 0 spiro atoms. The summed E-state index contributed by atoms with van der Waals surface area (Å²) in [5.74, 6) is 0.630. The predicted octanol–water partition coefficient (Wildman–Crippen LogP) is 6.24. The molecule has 2 aliphatic heterocycles. The normalized spacial score (nSPS) is 23.3. The summed E-state index contributed by atoms with van der Waals surface area (Å²) in [6.07, 6.45) is 7.00. The summed E-state index contributed by atoms with van der Waals surface area (Å²) in [7, 11) is 0. The van der Waals surface area contributed by atoms with E-state index < -0.39 is 0 Å². The highest BCUT2D eigenvalue weighted by molar-refractivity contribution is 6.14. The molecule has 1 saturated carbocycles. The van der Waals surface area contributed by atoms with Crippen LogP contribution in [0.4, 0.5) is 11.4 Å². The van der Waals surface area contributed by atoms with Crippen molar-refractivity contribution in [1.29, 1.82) is 0 Å². The fourth-order valence-corrected chi connectivity index (χ4v) is 5.69. The van der Waals surface area contributed by atoms with Crippen molar-refractivity contribution in [3.63, 3.8) is 0 Å². The number of ether oxygens (including phenoxy) is 2. The van der Waals surface area contributed by atoms with Gasteiger partial charge in [0.25, 0.3) is 0 Å². The highest BCUT2D eigenvalue weighted by Gasteiger charge is 2.36. The smallest absolute Gasteiger partial charge is 0.185 e. The second-order valence-electron chi connectivity index (χ2n) is 11.5. The molecular weight excluding hydrogens is 472 g/mol. The predicted molar refractivity (Wildman–Crippen MR) is 157 cm³/mol. The quantitative estimate of drug-likeness (QED) is 0.427. The first kappa shape index (κ1) is 26.7. The van der Waals surface area contributed by atoms with Gasteiger partial charge in [-0.25, -0.2) is 0 Å². The Morgan fingerprint density at radius 3 is 1.50 bits per heavy atom. The van der Waals surface area contributed by atoms with E-state index in [2.05, 4.69) is 91.3 Å². The molecule has 2 heterocycles. The van der Waals surface area contributed by atoms with E-state index in [1.807, 2.05) is 0 Å². The third-order valence-corrected chi connectivity index (χ3v) is 8.75. The molecule has 5 rings (SSSR count). The summed E-state index contributed by atoms with van der Waals surface area (Å²) >= 11 is 0. The number of carbonyl (C=O) groups excluding carboxylic acids is 1. The van der Waals surface area contributed by atoms with Crippen LogP contribution in [0.1, 0.15) is 51.2 Å². The number of nitrogens with zero attached hydrogens (tertiary/aromatic N) is 2. The number of ketones is 1. The van der Waals surface area contributed by atoms with Gasteiger partial charge in [-0.1, -0.05) is 51.5 Å². The van der Waals surface area contributed by atoms with Crippen molar-refractivity contribution >= 4 is 29.3 Å². The molecule has 5 nitrogen and oxygen atoms in total. The van der Waals surface area contributed by atoms with Gasteiger partial charge in [-0.3, -0.25) is 4.79 Å². The van der Waals surface area contributed by atoms with Crippen molar-refractivity contribution < 1.29 is 14.3 Å². The highest BCUT2D eigenvalue weighted by Crippen LogP contribution is 2.44. The molecule has 0 aromatic heterocycles. The third-order valence-electron chi connectivity index (χ3n) is 8.75. The van der Waals surface area contributed by atoms with Gasteiger partial charge in [0.05, 0.1) is 26.4 Å². The number of anilines is 2. The second-order valence-corrected chi connectivity index (χ2v) is 11.5. The number of morpholine rings is 2. The van der Waals surface area contributed by atoms with Crippen molar-refractivity contribution in [2.75, 3.05) is 62.4 Å². The fraction of sp³-hybridized carbons (Fsp3) is 0.485. The summed E-state index contributed by atoms with van der Waals surface area (Å²) in [6.45, 7) is 13.8. The van der Waals surface area contributed by atoms with Gasteiger partial charge >= 0.3 is 0 Å². The Hall–Kier alpha value is -2.89. The molecule has 0 amide bonds. The molecule has 2 aromatic rings. The molecule has 2 saturated heterocycles. The van der Waals surface area contributed by atoms with Gasteiger partial charge < -0.3 is 19.3 Å². The van der Waals surface area contributed by atoms with E-state index in [9.17, 15) is 4.79 Å². The number of Topliss-reactive ketones (excluding diaryl/α,β-unsaturated/α-hetero) is 1. The molecule has 38 heavy (non-hydrogen) atoms. The largest absolute Gasteiger partial charge is 0.378 e. The number of hydrogen-bond donors (Lipinski definition) is 0. The van der Waals surface area contributed by atoms with Gasteiger partial charge in [0.1, 0.15) is 0 Å². The molecule has 3 aliphatic rings. The van der Waals surface area contributed by atoms with Crippen LogP contribution in [0.2, 0.25) is 0 Å². The minimum atomic E-state index is 0.166. The maximum Gasteiger partial charge on any atom is 0.185 e. The third kappa shape index (κ3) is 6.22. The van der Waals surface area contributed by atoms with E-state index in [4.69, 9.17) is 9.47 Å². The maximum atomic E-state index is 13.7. The Labute approximate surface area is 228 Å². The Morgan fingerprint density at radius 1 is 0.737 bits per heavy atom. The van der Waals surface area contributed by atoms with Crippen molar-refractivity contribution in [1.82, 2.24) is 0 Å². The van der Waals surface area contributed by atoms with Crippen LogP contribution in [0.3, 0.4) is 0 Å². The summed E-state index contributed by atoms with van der Waals surface area (Å²) in [4.78, 5) is 18.5. The zero-order valence-electron chi connectivity index (χ0n) is 23.2. The number of allylic oxidation sites excluding steroid dienone is 2. The fourth-order valence-electron chi connectivity index (χ4n) is 5.69. The molecule has 0 radical (unpaired) electrons. The zero-order chi connectivity index (χ0) is 26.5. The SMILES string of the molecule is CCC(C)(C)C1C/C(=C\c2ccc(N3CCOCC3)cc2)C(=O)/C(=C/c2ccc(N3CCOCC3)cc2)C1. The monoisotopic (exact) mass is 514 g/mol. The molecule has 0 unspecified atom stereocenters. The van der Waals surface area contributed by atoms with Crippen molar-refractivity contribution in [3.05, 3.63) is 70.8 Å². The Kier molecular flexibility index (Phi) is 8.35. The van der Waals surface area contributed by atoms with Crippen LogP contribution in [0.15, 0.2) is 59.7 Å². The lowest BCUT2D eigenvalue weighted by Crippen LogP contribution is -2.36. The van der Waals surface area contributed by atoms with E-state index in [1.54, 1.807) is 0 Å². The van der Waals surface area contributed by atoms with E-state index in [0.29, 0.717) is 5.92 Å². The average Bonchev–Trinajstić information content (AvgIpc) is 2.96. The molecule has 5 heteroatoms. The van der Waals surface area contributed by atoms with Crippen LogP contribution in [-0.2, 0) is 14.3 Å². The van der Waals surface area contributed by atoms with Gasteiger partial charge in [0, 0.05) is 48.7 Å². The standard InChI is InChI=1S/C33H42N2O3/c1-4-33(2,3)29-23-27(21-25-5-9-30(10-6-25)34-13-17-37-18-14-34)32(36)28(24-29)22-26-7-11-31(12-8-26)35-15-19-38-20-16-35/h5-12,21-22,29H,4,13-20,23-24H2,1-3H3/b27-21+,28-22+. The number of carbonyl (C=O) groups is 1. The lowest BCUT2D eigenvalue weighted by Gasteiger charge is -2.38. The number of rotatable bonds is 6. The summed E-state index contributed by atoms with van der Waals surface area (Å²) in [6, 6.07) is 17.3. The summed E-state index contributed by atoms with van der Waals surface area (Å²) < 4.78 is 11.0. The first-order chi connectivity index (χ1) is 18.4. The van der Waals surface area contributed by atoms with E-state index >= 15 is 0 Å². The highest BCUT2D eigenvalue weighted by atomic mass is 16.5. The van der Waals surface area contributed by atoms with Crippen molar-refractivity contribution in [3.8, 4) is 0 Å². The minimum Gasteiger partial charge on any atom is -0.378 e. The molecule has 2 aromatic carbocycles. The molecule has 0 N–H and O–H groups in total. The van der Waals surface area contributed by atoms with Gasteiger partial charge in [0.15, 0.2) is 5.78 Å². The average molecular weight is 515 g/mol. The van der Waals surface area contributed by atoms with Gasteiger partial charge in [-0.15, -0.1) is 0 Å². The van der Waals surface area contributed by atoms with Crippen LogP contribution < -0.4 is 9.80 Å². The molecule has 0 bridgehead atoms. The Morgan fingerprint density at radius 2 is 1.13 bits per heavy atom.